The van der Waals surface area contributed by atoms with Gasteiger partial charge in [-0.25, -0.2) is 4.79 Å². The molecule has 2 aromatic rings. The van der Waals surface area contributed by atoms with E-state index < -0.39 is 5.63 Å². The van der Waals surface area contributed by atoms with E-state index in [1.54, 1.807) is 6.07 Å². The number of fused-ring (bicyclic) bond motifs is 1. The second-order valence-corrected chi connectivity index (χ2v) is 7.72. The molecule has 1 aromatic carbocycles. The summed E-state index contributed by atoms with van der Waals surface area (Å²) in [4.78, 5) is 12.4. The number of methoxy groups -OCH3 is 1. The maximum atomic E-state index is 12.4. The molecule has 5 heteroatoms. The zero-order chi connectivity index (χ0) is 22.3. The summed E-state index contributed by atoms with van der Waals surface area (Å²) in [7, 11) is 1.54. The van der Waals surface area contributed by atoms with E-state index in [0.717, 1.165) is 19.3 Å². The van der Waals surface area contributed by atoms with Gasteiger partial charge in [0.15, 0.2) is 5.75 Å². The molecule has 5 nitrogen and oxygen atoms in total. The topological polar surface area (TPSA) is 57.9 Å². The Kier molecular flexibility index (Phi) is 11.7. The van der Waals surface area contributed by atoms with Crippen molar-refractivity contribution < 1.29 is 18.6 Å². The van der Waals surface area contributed by atoms with Crippen LogP contribution in [0.15, 0.2) is 39.6 Å². The lowest BCUT2D eigenvalue weighted by atomic mass is 10.1. The van der Waals surface area contributed by atoms with E-state index in [4.69, 9.17) is 18.6 Å². The van der Waals surface area contributed by atoms with Gasteiger partial charge in [0.1, 0.15) is 16.7 Å². The molecule has 31 heavy (non-hydrogen) atoms. The lowest BCUT2D eigenvalue weighted by Crippen LogP contribution is -2.10. The van der Waals surface area contributed by atoms with Crippen LogP contribution in [0.3, 0.4) is 0 Å². The van der Waals surface area contributed by atoms with E-state index in [1.165, 1.54) is 45.6 Å². The van der Waals surface area contributed by atoms with Gasteiger partial charge in [0.2, 0.25) is 5.75 Å². The molecule has 0 amide bonds. The van der Waals surface area contributed by atoms with E-state index >= 15 is 0 Å². The maximum Gasteiger partial charge on any atom is 0.383 e. The predicted molar refractivity (Wildman–Crippen MR) is 127 cm³/mol. The van der Waals surface area contributed by atoms with Crippen molar-refractivity contribution in [3.63, 3.8) is 0 Å². The Balaban J connectivity index is 2.01. The Labute approximate surface area is 186 Å². The van der Waals surface area contributed by atoms with Crippen molar-refractivity contribution in [2.45, 2.75) is 78.1 Å². The number of ether oxygens (including phenoxy) is 3. The summed E-state index contributed by atoms with van der Waals surface area (Å²) in [6, 6.07) is 5.45. The van der Waals surface area contributed by atoms with Gasteiger partial charge in [-0.05, 0) is 31.4 Å². The van der Waals surface area contributed by atoms with Crippen molar-refractivity contribution in [2.24, 2.45) is 0 Å². The molecule has 0 bridgehead atoms. The van der Waals surface area contributed by atoms with Gasteiger partial charge in [-0.1, -0.05) is 77.0 Å². The summed E-state index contributed by atoms with van der Waals surface area (Å²) in [5.41, 5.74) is -0.0995. The molecule has 0 saturated carbocycles. The van der Waals surface area contributed by atoms with Crippen molar-refractivity contribution in [3.8, 4) is 17.2 Å². The molecule has 0 atom stereocenters. The van der Waals surface area contributed by atoms with E-state index in [2.05, 4.69) is 19.9 Å². The molecule has 0 saturated heterocycles. The largest absolute Gasteiger partial charge is 0.493 e. The van der Waals surface area contributed by atoms with Crippen molar-refractivity contribution in [3.05, 3.63) is 40.8 Å². The number of rotatable bonds is 16. The smallest absolute Gasteiger partial charge is 0.383 e. The first kappa shape index (κ1) is 24.8. The average Bonchev–Trinajstić information content (AvgIpc) is 2.78. The van der Waals surface area contributed by atoms with Gasteiger partial charge in [-0.3, -0.25) is 0 Å². The summed E-state index contributed by atoms with van der Waals surface area (Å²) in [6.07, 6.45) is 15.8. The SMILES string of the molecule is CC/C=C/CCOc1c(OC)c2c(OCCCCCCCCCC)cccc2oc1=O. The van der Waals surface area contributed by atoms with Crippen molar-refractivity contribution >= 4 is 11.0 Å². The predicted octanol–water partition coefficient (Wildman–Crippen LogP) is 7.06. The molecule has 172 valence electrons. The summed E-state index contributed by atoms with van der Waals surface area (Å²) in [5, 5.41) is 0.642. The normalized spacial score (nSPS) is 11.3. The summed E-state index contributed by atoms with van der Waals surface area (Å²) >= 11 is 0. The third-order valence-electron chi connectivity index (χ3n) is 5.20. The Bertz CT molecular complexity index is 853. The van der Waals surface area contributed by atoms with Crippen molar-refractivity contribution in [1.29, 1.82) is 0 Å². The van der Waals surface area contributed by atoms with E-state index in [1.807, 2.05) is 18.2 Å². The van der Waals surface area contributed by atoms with E-state index in [9.17, 15) is 4.79 Å². The quantitative estimate of drug-likeness (QED) is 0.162. The Morgan fingerprint density at radius 1 is 0.871 bits per heavy atom. The van der Waals surface area contributed by atoms with Crippen molar-refractivity contribution in [2.75, 3.05) is 20.3 Å². The third kappa shape index (κ3) is 7.97. The van der Waals surface area contributed by atoms with Crippen LogP contribution in [0, 0.1) is 0 Å². The molecular formula is C26H38O5. The molecule has 2 rings (SSSR count). The lowest BCUT2D eigenvalue weighted by Gasteiger charge is -2.14. The Hall–Kier alpha value is -2.43. The molecule has 0 aliphatic carbocycles. The molecule has 0 N–H and O–H groups in total. The highest BCUT2D eigenvalue weighted by Crippen LogP contribution is 2.38. The second kappa shape index (κ2) is 14.6. The molecular weight excluding hydrogens is 392 g/mol. The van der Waals surface area contributed by atoms with Crippen LogP contribution in [-0.4, -0.2) is 20.3 Å². The maximum absolute atomic E-state index is 12.4. The van der Waals surface area contributed by atoms with Gasteiger partial charge in [-0.2, -0.15) is 0 Å². The molecule has 0 radical (unpaired) electrons. The van der Waals surface area contributed by atoms with Gasteiger partial charge in [0.05, 0.1) is 20.3 Å². The number of hydrogen-bond acceptors (Lipinski definition) is 5. The zero-order valence-corrected chi connectivity index (χ0v) is 19.4. The minimum atomic E-state index is -0.538. The van der Waals surface area contributed by atoms with Crippen LogP contribution in [0.1, 0.15) is 78.1 Å². The molecule has 0 spiro atoms. The number of hydrogen-bond donors (Lipinski definition) is 0. The van der Waals surface area contributed by atoms with E-state index in [-0.39, 0.29) is 5.75 Å². The average molecular weight is 431 g/mol. The van der Waals surface area contributed by atoms with Gasteiger partial charge in [-0.15, -0.1) is 0 Å². The van der Waals surface area contributed by atoms with Crippen LogP contribution in [0.4, 0.5) is 0 Å². The first-order valence-electron chi connectivity index (χ1n) is 11.8. The monoisotopic (exact) mass is 430 g/mol. The van der Waals surface area contributed by atoms with Crippen LogP contribution in [0.5, 0.6) is 17.2 Å². The highest BCUT2D eigenvalue weighted by Gasteiger charge is 2.20. The number of allylic oxidation sites excluding steroid dienone is 1. The van der Waals surface area contributed by atoms with Crippen LogP contribution in [-0.2, 0) is 0 Å². The first-order valence-corrected chi connectivity index (χ1v) is 11.8. The van der Waals surface area contributed by atoms with Crippen LogP contribution in [0.2, 0.25) is 0 Å². The fourth-order valence-corrected chi connectivity index (χ4v) is 3.54. The van der Waals surface area contributed by atoms with Gasteiger partial charge >= 0.3 is 5.63 Å². The standard InChI is InChI=1S/C26H38O5/c1-4-6-8-10-11-12-13-15-19-29-21-17-16-18-22-23(21)24(28-3)25(26(27)31-22)30-20-14-9-7-5-2/h7,9,16-18H,4-6,8,10-15,19-20H2,1-3H3/b9-7+. The van der Waals surface area contributed by atoms with Gasteiger partial charge in [0.25, 0.3) is 0 Å². The summed E-state index contributed by atoms with van der Waals surface area (Å²) in [6.45, 7) is 5.32. The first-order chi connectivity index (χ1) is 15.2. The molecule has 0 unspecified atom stereocenters. The highest BCUT2D eigenvalue weighted by atomic mass is 16.5. The number of unbranched alkanes of at least 4 members (excludes halogenated alkanes) is 7. The molecule has 0 aliphatic heterocycles. The summed E-state index contributed by atoms with van der Waals surface area (Å²) < 4.78 is 22.8. The highest BCUT2D eigenvalue weighted by molar-refractivity contribution is 5.91. The zero-order valence-electron chi connectivity index (χ0n) is 19.4. The van der Waals surface area contributed by atoms with Gasteiger partial charge in [0, 0.05) is 0 Å². The fourth-order valence-electron chi connectivity index (χ4n) is 3.54. The molecule has 1 heterocycles. The van der Waals surface area contributed by atoms with Crippen LogP contribution in [0.25, 0.3) is 11.0 Å². The fraction of sp³-hybridized carbons (Fsp3) is 0.577. The molecule has 0 fully saturated rings. The lowest BCUT2D eigenvalue weighted by molar-refractivity contribution is 0.282. The molecule has 1 aromatic heterocycles. The Morgan fingerprint density at radius 3 is 2.32 bits per heavy atom. The van der Waals surface area contributed by atoms with Crippen molar-refractivity contribution in [1.82, 2.24) is 0 Å². The minimum absolute atomic E-state index is 0.100. The molecule has 0 aliphatic rings. The Morgan fingerprint density at radius 2 is 1.61 bits per heavy atom. The summed E-state index contributed by atoms with van der Waals surface area (Å²) in [5.74, 6) is 1.12. The third-order valence-corrected chi connectivity index (χ3v) is 5.20. The van der Waals surface area contributed by atoms with Crippen LogP contribution >= 0.6 is 0 Å². The second-order valence-electron chi connectivity index (χ2n) is 7.72. The minimum Gasteiger partial charge on any atom is -0.493 e. The van der Waals surface area contributed by atoms with Gasteiger partial charge < -0.3 is 18.6 Å². The van der Waals surface area contributed by atoms with Crippen LogP contribution < -0.4 is 19.8 Å². The van der Waals surface area contributed by atoms with E-state index in [0.29, 0.717) is 42.1 Å². The number of benzene rings is 1.